The standard InChI is InChI=1S/C62H50/c1-4-18-41(19-5-1)45-20-6-7-21-46(45)42-28-33-53-54(38-42)60(44-30-32-50-48-23-11-13-27-56(48)62(58(50)40-44)36-16-3-17-37-62)52-25-9-8-24-51(52)59(53)43-29-31-49-47-22-10-12-26-55(47)61(57(49)39-43)34-14-2-15-35-61/h1,4-13,18-33,38-40H,2-3,14-17,34-37H2. The van der Waals surface area contributed by atoms with Gasteiger partial charge in [0, 0.05) is 10.8 Å². The molecule has 62 heavy (non-hydrogen) atoms. The summed E-state index contributed by atoms with van der Waals surface area (Å²) in [5, 5.41) is 5.30. The van der Waals surface area contributed by atoms with Crippen molar-refractivity contribution in [2.45, 2.75) is 75.0 Å². The van der Waals surface area contributed by atoms with Crippen LogP contribution in [0.1, 0.15) is 86.5 Å². The maximum atomic E-state index is 2.63. The molecule has 0 amide bonds. The highest BCUT2D eigenvalue weighted by Crippen LogP contribution is 2.59. The molecule has 2 saturated carbocycles. The molecule has 0 unspecified atom stereocenters. The van der Waals surface area contributed by atoms with E-state index in [-0.39, 0.29) is 10.8 Å². The van der Waals surface area contributed by atoms with Crippen molar-refractivity contribution in [1.82, 2.24) is 0 Å². The Hall–Kier alpha value is -6.50. The Morgan fingerprint density at radius 1 is 0.242 bits per heavy atom. The van der Waals surface area contributed by atoms with Gasteiger partial charge < -0.3 is 0 Å². The highest BCUT2D eigenvalue weighted by atomic mass is 14.5. The summed E-state index contributed by atoms with van der Waals surface area (Å²) >= 11 is 0. The molecule has 0 heterocycles. The summed E-state index contributed by atoms with van der Waals surface area (Å²) < 4.78 is 0. The molecule has 0 aliphatic heterocycles. The Kier molecular flexibility index (Phi) is 8.18. The first-order valence-electron chi connectivity index (χ1n) is 23.3. The second kappa shape index (κ2) is 14.0. The average Bonchev–Trinajstić information content (AvgIpc) is 3.76. The van der Waals surface area contributed by atoms with Crippen LogP contribution in [0.4, 0.5) is 0 Å². The molecule has 0 bridgehead atoms. The summed E-state index contributed by atoms with van der Waals surface area (Å²) in [5.41, 5.74) is 22.5. The molecule has 0 aromatic heterocycles. The Bertz CT molecular complexity index is 3240. The zero-order chi connectivity index (χ0) is 40.8. The molecular formula is C62H50. The van der Waals surface area contributed by atoms with Gasteiger partial charge >= 0.3 is 0 Å². The van der Waals surface area contributed by atoms with Gasteiger partial charge in [-0.3, -0.25) is 0 Å². The van der Waals surface area contributed by atoms with Crippen molar-refractivity contribution in [3.63, 3.8) is 0 Å². The van der Waals surface area contributed by atoms with Crippen molar-refractivity contribution in [2.75, 3.05) is 0 Å². The molecular weight excluding hydrogens is 745 g/mol. The third-order valence-electron chi connectivity index (χ3n) is 15.9. The van der Waals surface area contributed by atoms with Crippen LogP contribution in [0.25, 0.3) is 88.3 Å². The number of hydrogen-bond acceptors (Lipinski definition) is 0. The summed E-state index contributed by atoms with van der Waals surface area (Å²) in [4.78, 5) is 0. The van der Waals surface area contributed by atoms with E-state index in [1.54, 1.807) is 22.3 Å². The summed E-state index contributed by atoms with van der Waals surface area (Å²) in [6.45, 7) is 0. The molecule has 2 fully saturated rings. The van der Waals surface area contributed by atoms with Gasteiger partial charge in [-0.15, -0.1) is 0 Å². The summed E-state index contributed by atoms with van der Waals surface area (Å²) in [6.07, 6.45) is 12.7. The van der Waals surface area contributed by atoms with E-state index in [1.807, 2.05) is 0 Å². The van der Waals surface area contributed by atoms with Gasteiger partial charge in [-0.25, -0.2) is 0 Å². The lowest BCUT2D eigenvalue weighted by Crippen LogP contribution is -2.28. The van der Waals surface area contributed by atoms with Crippen molar-refractivity contribution in [3.8, 4) is 66.8 Å². The van der Waals surface area contributed by atoms with E-state index in [4.69, 9.17) is 0 Å². The van der Waals surface area contributed by atoms with Crippen molar-refractivity contribution in [2.24, 2.45) is 0 Å². The lowest BCUT2D eigenvalue weighted by Gasteiger charge is -2.36. The van der Waals surface area contributed by atoms with Gasteiger partial charge in [0.2, 0.25) is 0 Å². The molecule has 9 aromatic rings. The van der Waals surface area contributed by atoms with Crippen LogP contribution in [0.2, 0.25) is 0 Å². The van der Waals surface area contributed by atoms with Gasteiger partial charge in [-0.05, 0) is 154 Å². The molecule has 0 heteroatoms. The molecule has 0 saturated heterocycles. The first-order valence-corrected chi connectivity index (χ1v) is 23.3. The summed E-state index contributed by atoms with van der Waals surface area (Å²) in [7, 11) is 0. The highest BCUT2D eigenvalue weighted by Gasteiger charge is 2.45. The molecule has 13 rings (SSSR count). The number of fused-ring (bicyclic) bond motifs is 12. The predicted octanol–water partition coefficient (Wildman–Crippen LogP) is 17.1. The Morgan fingerprint density at radius 3 is 1.19 bits per heavy atom. The van der Waals surface area contributed by atoms with Crippen LogP contribution in [0.5, 0.6) is 0 Å². The van der Waals surface area contributed by atoms with Crippen molar-refractivity contribution >= 4 is 21.5 Å². The van der Waals surface area contributed by atoms with Crippen molar-refractivity contribution in [3.05, 3.63) is 204 Å². The van der Waals surface area contributed by atoms with Gasteiger partial charge in [-0.2, -0.15) is 0 Å². The molecule has 4 aliphatic carbocycles. The van der Waals surface area contributed by atoms with E-state index < -0.39 is 0 Å². The molecule has 0 radical (unpaired) electrons. The molecule has 2 spiro atoms. The number of rotatable bonds is 4. The largest absolute Gasteiger partial charge is 0.0622 e. The highest BCUT2D eigenvalue weighted by molar-refractivity contribution is 6.22. The number of hydrogen-bond donors (Lipinski definition) is 0. The SMILES string of the molecule is c1ccc(-c2ccccc2-c2ccc3c(-c4ccc5c(c4)C4(CCCCC4)c4ccccc4-5)c4ccccc4c(-c4ccc5c(c4)C4(CCCCC4)c4ccccc4-5)c3c2)cc1. The second-order valence-electron chi connectivity index (χ2n) is 18.9. The lowest BCUT2D eigenvalue weighted by molar-refractivity contribution is 0.353. The zero-order valence-corrected chi connectivity index (χ0v) is 35.4. The van der Waals surface area contributed by atoms with Gasteiger partial charge in [0.15, 0.2) is 0 Å². The third kappa shape index (κ3) is 5.19. The average molecular weight is 795 g/mol. The molecule has 0 N–H and O–H groups in total. The third-order valence-corrected chi connectivity index (χ3v) is 15.9. The number of benzene rings is 9. The van der Waals surface area contributed by atoms with E-state index >= 15 is 0 Å². The van der Waals surface area contributed by atoms with E-state index in [0.717, 1.165) is 0 Å². The molecule has 9 aromatic carbocycles. The Morgan fingerprint density at radius 2 is 0.645 bits per heavy atom. The summed E-state index contributed by atoms with van der Waals surface area (Å²) in [5.74, 6) is 0. The van der Waals surface area contributed by atoms with Crippen molar-refractivity contribution < 1.29 is 0 Å². The maximum absolute atomic E-state index is 2.63. The van der Waals surface area contributed by atoms with Crippen LogP contribution in [0, 0.1) is 0 Å². The van der Waals surface area contributed by atoms with Crippen LogP contribution in [0.3, 0.4) is 0 Å². The van der Waals surface area contributed by atoms with Crippen LogP contribution in [-0.2, 0) is 10.8 Å². The first kappa shape index (κ1) is 36.2. The normalized spacial score (nSPS) is 16.6. The van der Waals surface area contributed by atoms with Gasteiger partial charge in [-0.1, -0.05) is 202 Å². The van der Waals surface area contributed by atoms with Crippen LogP contribution >= 0.6 is 0 Å². The van der Waals surface area contributed by atoms with Gasteiger partial charge in [0.25, 0.3) is 0 Å². The quantitative estimate of drug-likeness (QED) is 0.156. The minimum Gasteiger partial charge on any atom is -0.0622 e. The minimum absolute atomic E-state index is 0.0859. The van der Waals surface area contributed by atoms with Crippen molar-refractivity contribution in [1.29, 1.82) is 0 Å². The molecule has 298 valence electrons. The van der Waals surface area contributed by atoms with Crippen LogP contribution in [-0.4, -0.2) is 0 Å². The fraction of sp³-hybridized carbons (Fsp3) is 0.194. The zero-order valence-electron chi connectivity index (χ0n) is 35.4. The molecule has 4 aliphatic rings. The fourth-order valence-corrected chi connectivity index (χ4v) is 13.2. The molecule has 0 atom stereocenters. The van der Waals surface area contributed by atoms with E-state index in [9.17, 15) is 0 Å². The van der Waals surface area contributed by atoms with E-state index in [0.29, 0.717) is 0 Å². The minimum atomic E-state index is 0.0859. The van der Waals surface area contributed by atoms with Gasteiger partial charge in [0.1, 0.15) is 0 Å². The van der Waals surface area contributed by atoms with Crippen LogP contribution < -0.4 is 0 Å². The van der Waals surface area contributed by atoms with Crippen LogP contribution in [0.15, 0.2) is 182 Å². The maximum Gasteiger partial charge on any atom is 0.0215 e. The Labute approximate surface area is 365 Å². The monoisotopic (exact) mass is 794 g/mol. The van der Waals surface area contributed by atoms with Gasteiger partial charge in [0.05, 0.1) is 0 Å². The summed E-state index contributed by atoms with van der Waals surface area (Å²) in [6, 6.07) is 70.3. The Balaban J connectivity index is 1.09. The second-order valence-corrected chi connectivity index (χ2v) is 18.9. The van der Waals surface area contributed by atoms with E-state index in [2.05, 4.69) is 182 Å². The van der Waals surface area contributed by atoms with E-state index in [1.165, 1.54) is 153 Å². The lowest BCUT2D eigenvalue weighted by atomic mass is 9.67. The predicted molar refractivity (Wildman–Crippen MR) is 262 cm³/mol. The fourth-order valence-electron chi connectivity index (χ4n) is 13.2. The topological polar surface area (TPSA) is 0 Å². The molecule has 0 nitrogen and oxygen atoms in total. The first-order chi connectivity index (χ1) is 30.7. The smallest absolute Gasteiger partial charge is 0.0215 e.